The lowest BCUT2D eigenvalue weighted by Gasteiger charge is -2.09. The zero-order valence-corrected chi connectivity index (χ0v) is 13.3. The molecule has 0 atom stereocenters. The van der Waals surface area contributed by atoms with Crippen molar-refractivity contribution >= 4 is 29.3 Å². The molecule has 0 saturated carbocycles. The van der Waals surface area contributed by atoms with E-state index >= 15 is 0 Å². The summed E-state index contributed by atoms with van der Waals surface area (Å²) >= 11 is 1.52. The Morgan fingerprint density at radius 3 is 2.41 bits per heavy atom. The predicted octanol–water partition coefficient (Wildman–Crippen LogP) is 3.84. The topological polar surface area (TPSA) is 55.4 Å². The fraction of sp³-hybridized carbons (Fsp3) is 0.176. The van der Waals surface area contributed by atoms with Crippen LogP contribution in [0.25, 0.3) is 0 Å². The fourth-order valence-corrected chi connectivity index (χ4v) is 2.53. The van der Waals surface area contributed by atoms with Crippen LogP contribution in [-0.4, -0.2) is 24.7 Å². The van der Waals surface area contributed by atoms with Gasteiger partial charge in [0.15, 0.2) is 0 Å². The molecule has 0 aromatic heterocycles. The molecule has 0 aliphatic carbocycles. The normalized spacial score (nSPS) is 10.1. The van der Waals surface area contributed by atoms with E-state index in [2.05, 4.69) is 5.32 Å². The van der Waals surface area contributed by atoms with Crippen molar-refractivity contribution in [2.75, 3.05) is 18.2 Å². The molecule has 2 aromatic carbocycles. The van der Waals surface area contributed by atoms with Crippen molar-refractivity contribution in [3.63, 3.8) is 0 Å². The molecule has 1 amide bonds. The maximum absolute atomic E-state index is 12.3. The van der Waals surface area contributed by atoms with Crippen LogP contribution in [0.15, 0.2) is 53.4 Å². The highest BCUT2D eigenvalue weighted by Gasteiger charge is 2.11. The molecule has 4 nitrogen and oxygen atoms in total. The molecule has 0 saturated heterocycles. The van der Waals surface area contributed by atoms with Gasteiger partial charge in [0.05, 0.1) is 17.7 Å². The van der Waals surface area contributed by atoms with E-state index in [9.17, 15) is 9.59 Å². The monoisotopic (exact) mass is 315 g/mol. The van der Waals surface area contributed by atoms with Crippen molar-refractivity contribution in [1.29, 1.82) is 0 Å². The van der Waals surface area contributed by atoms with Gasteiger partial charge in [-0.3, -0.25) is 4.79 Å². The van der Waals surface area contributed by atoms with Gasteiger partial charge in [0.25, 0.3) is 5.91 Å². The number of thioether (sulfide) groups is 1. The van der Waals surface area contributed by atoms with Crippen LogP contribution in [0.2, 0.25) is 0 Å². The second-order valence-electron chi connectivity index (χ2n) is 4.45. The van der Waals surface area contributed by atoms with Crippen molar-refractivity contribution in [2.24, 2.45) is 0 Å². The van der Waals surface area contributed by atoms with E-state index in [0.717, 1.165) is 4.90 Å². The average molecular weight is 315 g/mol. The van der Waals surface area contributed by atoms with E-state index in [1.165, 1.54) is 11.8 Å². The number of hydrogen-bond donors (Lipinski definition) is 1. The lowest BCUT2D eigenvalue weighted by Crippen LogP contribution is -2.13. The largest absolute Gasteiger partial charge is 0.462 e. The highest BCUT2D eigenvalue weighted by molar-refractivity contribution is 7.98. The van der Waals surface area contributed by atoms with Crippen molar-refractivity contribution < 1.29 is 14.3 Å². The minimum atomic E-state index is -0.367. The zero-order valence-electron chi connectivity index (χ0n) is 12.5. The second kappa shape index (κ2) is 7.66. The molecule has 0 aliphatic rings. The summed E-state index contributed by atoms with van der Waals surface area (Å²) in [6.45, 7) is 2.10. The fourth-order valence-electron chi connectivity index (χ4n) is 1.93. The molecule has 0 bridgehead atoms. The van der Waals surface area contributed by atoms with E-state index in [4.69, 9.17) is 4.74 Å². The number of hydrogen-bond acceptors (Lipinski definition) is 4. The van der Waals surface area contributed by atoms with Crippen LogP contribution >= 0.6 is 11.8 Å². The molecule has 2 aromatic rings. The minimum Gasteiger partial charge on any atom is -0.462 e. The van der Waals surface area contributed by atoms with Gasteiger partial charge in [-0.15, -0.1) is 11.8 Å². The number of amides is 1. The number of esters is 1. The zero-order chi connectivity index (χ0) is 15.9. The van der Waals surface area contributed by atoms with Gasteiger partial charge in [-0.25, -0.2) is 4.79 Å². The van der Waals surface area contributed by atoms with Crippen molar-refractivity contribution in [1.82, 2.24) is 0 Å². The standard InChI is InChI=1S/C17H17NO3S/c1-3-21-17(20)12-8-10-13(11-9-12)18-16(19)14-6-4-5-7-15(14)22-2/h4-11H,3H2,1-2H3,(H,18,19). The Balaban J connectivity index is 2.10. The first kappa shape index (κ1) is 16.1. The number of benzene rings is 2. The number of nitrogens with one attached hydrogen (secondary N) is 1. The molecule has 0 aliphatic heterocycles. The second-order valence-corrected chi connectivity index (χ2v) is 5.30. The maximum Gasteiger partial charge on any atom is 0.338 e. The van der Waals surface area contributed by atoms with Gasteiger partial charge in [0.2, 0.25) is 0 Å². The quantitative estimate of drug-likeness (QED) is 0.673. The lowest BCUT2D eigenvalue weighted by molar-refractivity contribution is 0.0526. The third kappa shape index (κ3) is 3.89. The highest BCUT2D eigenvalue weighted by Crippen LogP contribution is 2.21. The van der Waals surface area contributed by atoms with Gasteiger partial charge in [-0.05, 0) is 49.6 Å². The first-order valence-corrected chi connectivity index (χ1v) is 8.09. The van der Waals surface area contributed by atoms with Crippen LogP contribution in [-0.2, 0) is 4.74 Å². The first-order chi connectivity index (χ1) is 10.7. The summed E-state index contributed by atoms with van der Waals surface area (Å²) in [4.78, 5) is 24.8. The summed E-state index contributed by atoms with van der Waals surface area (Å²) in [5.41, 5.74) is 1.72. The molecule has 5 heteroatoms. The number of ether oxygens (including phenoxy) is 1. The maximum atomic E-state index is 12.3. The summed E-state index contributed by atoms with van der Waals surface area (Å²) < 4.78 is 4.92. The molecule has 0 heterocycles. The van der Waals surface area contributed by atoms with Gasteiger partial charge in [-0.1, -0.05) is 12.1 Å². The Morgan fingerprint density at radius 2 is 1.77 bits per heavy atom. The Morgan fingerprint density at radius 1 is 1.09 bits per heavy atom. The van der Waals surface area contributed by atoms with E-state index < -0.39 is 0 Å². The highest BCUT2D eigenvalue weighted by atomic mass is 32.2. The van der Waals surface area contributed by atoms with Crippen LogP contribution in [0.3, 0.4) is 0 Å². The van der Waals surface area contributed by atoms with Gasteiger partial charge in [0.1, 0.15) is 0 Å². The third-order valence-corrected chi connectivity index (χ3v) is 3.80. The van der Waals surface area contributed by atoms with E-state index in [1.54, 1.807) is 37.3 Å². The van der Waals surface area contributed by atoms with E-state index in [0.29, 0.717) is 23.4 Å². The molecule has 0 fully saturated rings. The Labute approximate surface area is 133 Å². The summed E-state index contributed by atoms with van der Waals surface area (Å²) in [5.74, 6) is -0.540. The molecule has 114 valence electrons. The lowest BCUT2D eigenvalue weighted by atomic mass is 10.2. The molecule has 1 N–H and O–H groups in total. The summed E-state index contributed by atoms with van der Waals surface area (Å²) in [7, 11) is 0. The van der Waals surface area contributed by atoms with E-state index in [1.807, 2.05) is 24.5 Å². The molecule has 22 heavy (non-hydrogen) atoms. The first-order valence-electron chi connectivity index (χ1n) is 6.87. The van der Waals surface area contributed by atoms with Gasteiger partial charge >= 0.3 is 5.97 Å². The molecular formula is C17H17NO3S. The number of rotatable bonds is 5. The number of anilines is 1. The molecule has 2 rings (SSSR count). The Kier molecular flexibility index (Phi) is 5.61. The van der Waals surface area contributed by atoms with E-state index in [-0.39, 0.29) is 11.9 Å². The van der Waals surface area contributed by atoms with Crippen LogP contribution in [0.4, 0.5) is 5.69 Å². The van der Waals surface area contributed by atoms with Gasteiger partial charge in [0, 0.05) is 10.6 Å². The van der Waals surface area contributed by atoms with Crippen molar-refractivity contribution in [2.45, 2.75) is 11.8 Å². The van der Waals surface area contributed by atoms with Crippen LogP contribution < -0.4 is 5.32 Å². The average Bonchev–Trinajstić information content (AvgIpc) is 2.55. The summed E-state index contributed by atoms with van der Waals surface area (Å²) in [6.07, 6.45) is 1.93. The predicted molar refractivity (Wildman–Crippen MR) is 88.6 cm³/mol. The van der Waals surface area contributed by atoms with Crippen LogP contribution in [0.1, 0.15) is 27.6 Å². The Hall–Kier alpha value is -2.27. The Bertz CT molecular complexity index is 668. The van der Waals surface area contributed by atoms with Crippen LogP contribution in [0, 0.1) is 0 Å². The van der Waals surface area contributed by atoms with Crippen molar-refractivity contribution in [3.05, 3.63) is 59.7 Å². The summed E-state index contributed by atoms with van der Waals surface area (Å²) in [6, 6.07) is 14.1. The third-order valence-electron chi connectivity index (χ3n) is 3.01. The van der Waals surface area contributed by atoms with Gasteiger partial charge in [-0.2, -0.15) is 0 Å². The van der Waals surface area contributed by atoms with Gasteiger partial charge < -0.3 is 10.1 Å². The number of carbonyl (C=O) groups is 2. The summed E-state index contributed by atoms with van der Waals surface area (Å²) in [5, 5.41) is 2.83. The smallest absolute Gasteiger partial charge is 0.338 e. The molecule has 0 spiro atoms. The number of carbonyl (C=O) groups excluding carboxylic acids is 2. The minimum absolute atomic E-state index is 0.172. The van der Waals surface area contributed by atoms with Crippen molar-refractivity contribution in [3.8, 4) is 0 Å². The van der Waals surface area contributed by atoms with Crippen LogP contribution in [0.5, 0.6) is 0 Å². The molecule has 0 unspecified atom stereocenters. The molecule has 0 radical (unpaired) electrons. The SMILES string of the molecule is CCOC(=O)c1ccc(NC(=O)c2ccccc2SC)cc1. The molecular weight excluding hydrogens is 298 g/mol.